The number of nitrogens with one attached hydrogen (secondary N) is 1. The lowest BCUT2D eigenvalue weighted by molar-refractivity contribution is 0.0950. The summed E-state index contributed by atoms with van der Waals surface area (Å²) in [4.78, 5) is 12.3. The predicted octanol–water partition coefficient (Wildman–Crippen LogP) is 2.40. The molecular formula is C17H18N4O. The molecule has 0 atom stereocenters. The summed E-state index contributed by atoms with van der Waals surface area (Å²) in [5.74, 6) is -0.0605. The highest BCUT2D eigenvalue weighted by Gasteiger charge is 2.13. The first-order valence-corrected chi connectivity index (χ1v) is 7.70. The molecule has 5 heteroatoms. The molecule has 3 aromatic rings. The van der Waals surface area contributed by atoms with Gasteiger partial charge in [0, 0.05) is 30.1 Å². The quantitative estimate of drug-likeness (QED) is 0.806. The minimum Gasteiger partial charge on any atom is -0.346 e. The Morgan fingerprint density at radius 3 is 3.09 bits per heavy atom. The molecule has 0 aromatic carbocycles. The molecule has 0 saturated heterocycles. The molecular weight excluding hydrogens is 276 g/mol. The second-order valence-corrected chi connectivity index (χ2v) is 5.75. The van der Waals surface area contributed by atoms with Crippen molar-refractivity contribution in [3.05, 3.63) is 59.7 Å². The van der Waals surface area contributed by atoms with E-state index in [1.165, 1.54) is 18.5 Å². The Kier molecular flexibility index (Phi) is 3.18. The number of carbonyl (C=O) groups excluding carboxylic acids is 1. The van der Waals surface area contributed by atoms with Crippen LogP contribution in [0.25, 0.3) is 5.52 Å². The summed E-state index contributed by atoms with van der Waals surface area (Å²) in [5.41, 5.74) is 3.92. The van der Waals surface area contributed by atoms with E-state index in [0.717, 1.165) is 24.2 Å². The standard InChI is InChI=1S/C17H18N4O/c22-17(13-9-15-5-1-3-7-20(15)12-13)18-11-14-10-16-6-2-4-8-21(16)19-14/h1,3,5,7,9-10,12H,2,4,6,8,11H2,(H,18,22). The lowest BCUT2D eigenvalue weighted by Crippen LogP contribution is -2.22. The molecule has 0 bridgehead atoms. The van der Waals surface area contributed by atoms with E-state index in [1.807, 2.05) is 41.1 Å². The number of nitrogens with zero attached hydrogens (tertiary/aromatic N) is 3. The van der Waals surface area contributed by atoms with Crippen molar-refractivity contribution in [3.8, 4) is 0 Å². The highest BCUT2D eigenvalue weighted by Crippen LogP contribution is 2.15. The molecule has 22 heavy (non-hydrogen) atoms. The van der Waals surface area contributed by atoms with Gasteiger partial charge in [0.15, 0.2) is 0 Å². The third kappa shape index (κ3) is 2.39. The Bertz CT molecular complexity index is 774. The van der Waals surface area contributed by atoms with Gasteiger partial charge in [-0.05, 0) is 43.5 Å². The maximum atomic E-state index is 12.3. The third-order valence-corrected chi connectivity index (χ3v) is 4.16. The van der Waals surface area contributed by atoms with Crippen molar-refractivity contribution >= 4 is 11.4 Å². The number of carbonyl (C=O) groups is 1. The van der Waals surface area contributed by atoms with Crippen molar-refractivity contribution in [2.24, 2.45) is 0 Å². The molecule has 1 N–H and O–H groups in total. The van der Waals surface area contributed by atoms with E-state index in [1.54, 1.807) is 0 Å². The first-order valence-electron chi connectivity index (χ1n) is 7.70. The SMILES string of the molecule is O=C(NCc1cc2n(n1)CCCC2)c1cc2ccccn2c1. The largest absolute Gasteiger partial charge is 0.346 e. The smallest absolute Gasteiger partial charge is 0.253 e. The normalized spacial score (nSPS) is 14.0. The van der Waals surface area contributed by atoms with Gasteiger partial charge in [-0.3, -0.25) is 9.48 Å². The highest BCUT2D eigenvalue weighted by atomic mass is 16.1. The van der Waals surface area contributed by atoms with E-state index >= 15 is 0 Å². The Morgan fingerprint density at radius 2 is 2.23 bits per heavy atom. The van der Waals surface area contributed by atoms with Gasteiger partial charge in [-0.2, -0.15) is 5.10 Å². The maximum Gasteiger partial charge on any atom is 0.253 e. The summed E-state index contributed by atoms with van der Waals surface area (Å²) < 4.78 is 4.02. The predicted molar refractivity (Wildman–Crippen MR) is 83.7 cm³/mol. The molecule has 0 spiro atoms. The van der Waals surface area contributed by atoms with Crippen LogP contribution in [0.5, 0.6) is 0 Å². The van der Waals surface area contributed by atoms with Crippen LogP contribution in [0.4, 0.5) is 0 Å². The first kappa shape index (κ1) is 13.1. The molecule has 4 heterocycles. The Balaban J connectivity index is 1.46. The molecule has 0 saturated carbocycles. The van der Waals surface area contributed by atoms with E-state index in [-0.39, 0.29) is 5.91 Å². The van der Waals surface area contributed by atoms with E-state index in [0.29, 0.717) is 12.1 Å². The molecule has 0 fully saturated rings. The van der Waals surface area contributed by atoms with E-state index < -0.39 is 0 Å². The van der Waals surface area contributed by atoms with Crippen LogP contribution < -0.4 is 5.32 Å². The van der Waals surface area contributed by atoms with Crippen LogP contribution in [-0.2, 0) is 19.5 Å². The van der Waals surface area contributed by atoms with Crippen LogP contribution >= 0.6 is 0 Å². The number of pyridine rings is 1. The van der Waals surface area contributed by atoms with Crippen LogP contribution in [0.15, 0.2) is 42.7 Å². The molecule has 0 unspecified atom stereocenters. The minimum atomic E-state index is -0.0605. The van der Waals surface area contributed by atoms with Crippen LogP contribution in [0, 0.1) is 0 Å². The fourth-order valence-electron chi connectivity index (χ4n) is 3.02. The number of fused-ring (bicyclic) bond motifs is 2. The lowest BCUT2D eigenvalue weighted by Gasteiger charge is -2.11. The van der Waals surface area contributed by atoms with Crippen molar-refractivity contribution in [3.63, 3.8) is 0 Å². The fourth-order valence-corrected chi connectivity index (χ4v) is 3.02. The molecule has 3 aromatic heterocycles. The average molecular weight is 294 g/mol. The average Bonchev–Trinajstić information content (AvgIpc) is 3.15. The van der Waals surface area contributed by atoms with Gasteiger partial charge in [0.2, 0.25) is 0 Å². The van der Waals surface area contributed by atoms with Gasteiger partial charge in [-0.25, -0.2) is 0 Å². The fraction of sp³-hybridized carbons (Fsp3) is 0.294. The minimum absolute atomic E-state index is 0.0605. The van der Waals surface area contributed by atoms with Gasteiger partial charge >= 0.3 is 0 Å². The third-order valence-electron chi connectivity index (χ3n) is 4.16. The molecule has 4 rings (SSSR count). The topological polar surface area (TPSA) is 51.3 Å². The summed E-state index contributed by atoms with van der Waals surface area (Å²) in [5, 5.41) is 7.51. The summed E-state index contributed by atoms with van der Waals surface area (Å²) in [6.45, 7) is 1.47. The zero-order chi connectivity index (χ0) is 14.9. The van der Waals surface area contributed by atoms with Gasteiger partial charge in [0.1, 0.15) is 0 Å². The van der Waals surface area contributed by atoms with Gasteiger partial charge in [-0.1, -0.05) is 6.07 Å². The van der Waals surface area contributed by atoms with Gasteiger partial charge < -0.3 is 9.72 Å². The highest BCUT2D eigenvalue weighted by molar-refractivity contribution is 5.95. The molecule has 0 aliphatic carbocycles. The maximum absolute atomic E-state index is 12.3. The zero-order valence-electron chi connectivity index (χ0n) is 12.3. The van der Waals surface area contributed by atoms with Crippen molar-refractivity contribution in [2.45, 2.75) is 32.4 Å². The van der Waals surface area contributed by atoms with Crippen LogP contribution in [0.1, 0.15) is 34.6 Å². The molecule has 112 valence electrons. The lowest BCUT2D eigenvalue weighted by atomic mass is 10.1. The number of rotatable bonds is 3. The van der Waals surface area contributed by atoms with Crippen molar-refractivity contribution in [1.82, 2.24) is 19.5 Å². The number of hydrogen-bond donors (Lipinski definition) is 1. The monoisotopic (exact) mass is 294 g/mol. The van der Waals surface area contributed by atoms with Gasteiger partial charge in [0.05, 0.1) is 17.8 Å². The van der Waals surface area contributed by atoms with E-state index in [9.17, 15) is 4.79 Å². The number of amides is 1. The molecule has 1 aliphatic heterocycles. The number of hydrogen-bond acceptors (Lipinski definition) is 2. The Hall–Kier alpha value is -2.56. The number of aryl methyl sites for hydroxylation is 2. The first-order chi connectivity index (χ1) is 10.8. The van der Waals surface area contributed by atoms with Gasteiger partial charge in [0.25, 0.3) is 5.91 Å². The molecule has 5 nitrogen and oxygen atoms in total. The van der Waals surface area contributed by atoms with Crippen molar-refractivity contribution < 1.29 is 4.79 Å². The summed E-state index contributed by atoms with van der Waals surface area (Å²) in [6, 6.07) is 9.90. The van der Waals surface area contributed by atoms with E-state index in [4.69, 9.17) is 0 Å². The summed E-state index contributed by atoms with van der Waals surface area (Å²) >= 11 is 0. The van der Waals surface area contributed by atoms with Crippen LogP contribution in [-0.4, -0.2) is 20.1 Å². The Labute approximate surface area is 128 Å². The summed E-state index contributed by atoms with van der Waals surface area (Å²) in [7, 11) is 0. The van der Waals surface area contributed by atoms with Gasteiger partial charge in [-0.15, -0.1) is 0 Å². The molecule has 1 amide bonds. The van der Waals surface area contributed by atoms with Crippen LogP contribution in [0.3, 0.4) is 0 Å². The van der Waals surface area contributed by atoms with Crippen LogP contribution in [0.2, 0.25) is 0 Å². The molecule has 0 radical (unpaired) electrons. The second-order valence-electron chi connectivity index (χ2n) is 5.75. The molecule has 1 aliphatic rings. The second kappa shape index (κ2) is 5.33. The van der Waals surface area contributed by atoms with Crippen molar-refractivity contribution in [1.29, 1.82) is 0 Å². The zero-order valence-corrected chi connectivity index (χ0v) is 12.3. The summed E-state index contributed by atoms with van der Waals surface area (Å²) in [6.07, 6.45) is 7.30. The van der Waals surface area contributed by atoms with Crippen molar-refractivity contribution in [2.75, 3.05) is 0 Å². The van der Waals surface area contributed by atoms with E-state index in [2.05, 4.69) is 21.2 Å². The Morgan fingerprint density at radius 1 is 1.27 bits per heavy atom. The number of aromatic nitrogens is 3.